The van der Waals surface area contributed by atoms with Crippen LogP contribution in [0.15, 0.2) is 71.2 Å². The Bertz CT molecular complexity index is 743. The summed E-state index contributed by atoms with van der Waals surface area (Å²) in [5.74, 6) is 0.813. The molecular weight excluding hydrogens is 326 g/mol. The first-order valence-corrected chi connectivity index (χ1v) is 7.68. The molecule has 0 aliphatic heterocycles. The third-order valence-corrected chi connectivity index (χ3v) is 4.30. The summed E-state index contributed by atoms with van der Waals surface area (Å²) >= 11 is 3.65. The minimum atomic E-state index is -0.149. The Morgan fingerprint density at radius 3 is 2.38 bits per heavy atom. The molecule has 0 saturated carbocycles. The number of benzene rings is 3. The molecule has 1 unspecified atom stereocenters. The maximum absolute atomic E-state index is 6.12. The van der Waals surface area contributed by atoms with Crippen molar-refractivity contribution in [3.05, 3.63) is 76.8 Å². The van der Waals surface area contributed by atoms with E-state index in [1.165, 1.54) is 5.39 Å². The van der Waals surface area contributed by atoms with Crippen molar-refractivity contribution in [3.63, 3.8) is 0 Å². The summed E-state index contributed by atoms with van der Waals surface area (Å²) in [6.07, 6.45) is -0.149. The summed E-state index contributed by atoms with van der Waals surface area (Å²) < 4.78 is 7.08. The van der Waals surface area contributed by atoms with Crippen molar-refractivity contribution in [2.75, 3.05) is 6.54 Å². The molecule has 3 heteroatoms. The van der Waals surface area contributed by atoms with Crippen LogP contribution >= 0.6 is 15.9 Å². The molecule has 0 aromatic heterocycles. The van der Waals surface area contributed by atoms with Crippen LogP contribution in [0, 0.1) is 0 Å². The normalized spacial score (nSPS) is 12.3. The van der Waals surface area contributed by atoms with Crippen LogP contribution in [-0.2, 0) is 0 Å². The molecule has 3 rings (SSSR count). The van der Waals surface area contributed by atoms with Crippen molar-refractivity contribution in [1.29, 1.82) is 0 Å². The molecule has 0 spiro atoms. The first kappa shape index (κ1) is 14.1. The standard InChI is InChI=1S/C18H16BrNO/c19-18-15-9-5-4-6-13(15)10-11-16(18)21-17(12-20)14-7-2-1-3-8-14/h1-11,17H,12,20H2. The van der Waals surface area contributed by atoms with Crippen molar-refractivity contribution in [3.8, 4) is 5.75 Å². The molecular formula is C18H16BrNO. The number of hydrogen-bond acceptors (Lipinski definition) is 2. The van der Waals surface area contributed by atoms with Gasteiger partial charge in [0.25, 0.3) is 0 Å². The Labute approximate surface area is 132 Å². The maximum Gasteiger partial charge on any atom is 0.136 e. The van der Waals surface area contributed by atoms with E-state index in [0.29, 0.717) is 6.54 Å². The number of fused-ring (bicyclic) bond motifs is 1. The highest BCUT2D eigenvalue weighted by Gasteiger charge is 2.14. The molecule has 0 bridgehead atoms. The summed E-state index contributed by atoms with van der Waals surface area (Å²) in [6, 6.07) is 22.3. The number of hydrogen-bond donors (Lipinski definition) is 1. The first-order chi connectivity index (χ1) is 10.3. The SMILES string of the molecule is NCC(Oc1ccc2ccccc2c1Br)c1ccccc1. The molecule has 3 aromatic carbocycles. The highest BCUT2D eigenvalue weighted by atomic mass is 79.9. The van der Waals surface area contributed by atoms with E-state index >= 15 is 0 Å². The third kappa shape index (κ3) is 2.94. The minimum absolute atomic E-state index is 0.149. The van der Waals surface area contributed by atoms with Crippen molar-refractivity contribution in [1.82, 2.24) is 0 Å². The molecule has 2 nitrogen and oxygen atoms in total. The predicted molar refractivity (Wildman–Crippen MR) is 90.5 cm³/mol. The topological polar surface area (TPSA) is 35.2 Å². The molecule has 1 atom stereocenters. The van der Waals surface area contributed by atoms with Crippen LogP contribution < -0.4 is 10.5 Å². The van der Waals surface area contributed by atoms with E-state index in [4.69, 9.17) is 10.5 Å². The van der Waals surface area contributed by atoms with Crippen molar-refractivity contribution < 1.29 is 4.74 Å². The van der Waals surface area contributed by atoms with E-state index in [1.54, 1.807) is 0 Å². The molecule has 0 heterocycles. The van der Waals surface area contributed by atoms with Crippen LogP contribution in [0.5, 0.6) is 5.75 Å². The third-order valence-electron chi connectivity index (χ3n) is 3.48. The van der Waals surface area contributed by atoms with E-state index in [0.717, 1.165) is 21.2 Å². The van der Waals surface area contributed by atoms with Crippen LogP contribution in [0.1, 0.15) is 11.7 Å². The summed E-state index contributed by atoms with van der Waals surface area (Å²) in [6.45, 7) is 0.434. The zero-order valence-corrected chi connectivity index (χ0v) is 13.1. The molecule has 0 saturated heterocycles. The molecule has 21 heavy (non-hydrogen) atoms. The second kappa shape index (κ2) is 6.29. The number of halogens is 1. The smallest absolute Gasteiger partial charge is 0.136 e. The largest absolute Gasteiger partial charge is 0.483 e. The average Bonchev–Trinajstić information content (AvgIpc) is 2.55. The fourth-order valence-corrected chi connectivity index (χ4v) is 2.96. The van der Waals surface area contributed by atoms with Crippen molar-refractivity contribution >= 4 is 26.7 Å². The molecule has 0 aliphatic carbocycles. The molecule has 0 fully saturated rings. The van der Waals surface area contributed by atoms with Gasteiger partial charge in [-0.15, -0.1) is 0 Å². The second-order valence-corrected chi connectivity index (χ2v) is 5.64. The number of nitrogens with two attached hydrogens (primary N) is 1. The minimum Gasteiger partial charge on any atom is -0.483 e. The van der Waals surface area contributed by atoms with E-state index in [1.807, 2.05) is 48.5 Å². The van der Waals surface area contributed by atoms with Crippen LogP contribution in [0.4, 0.5) is 0 Å². The van der Waals surface area contributed by atoms with Gasteiger partial charge in [-0.25, -0.2) is 0 Å². The zero-order chi connectivity index (χ0) is 14.7. The molecule has 2 N–H and O–H groups in total. The molecule has 0 radical (unpaired) electrons. The van der Waals surface area contributed by atoms with Gasteiger partial charge in [0.2, 0.25) is 0 Å². The zero-order valence-electron chi connectivity index (χ0n) is 11.5. The Hall–Kier alpha value is -1.84. The monoisotopic (exact) mass is 341 g/mol. The highest BCUT2D eigenvalue weighted by molar-refractivity contribution is 9.10. The van der Waals surface area contributed by atoms with Gasteiger partial charge in [-0.1, -0.05) is 60.7 Å². The van der Waals surface area contributed by atoms with Gasteiger partial charge in [-0.3, -0.25) is 0 Å². The Morgan fingerprint density at radius 2 is 1.62 bits per heavy atom. The Kier molecular flexibility index (Phi) is 4.23. The van der Waals surface area contributed by atoms with Crippen LogP contribution in [0.3, 0.4) is 0 Å². The molecule has 3 aromatic rings. The lowest BCUT2D eigenvalue weighted by molar-refractivity contribution is 0.213. The van der Waals surface area contributed by atoms with Gasteiger partial charge < -0.3 is 10.5 Å². The van der Waals surface area contributed by atoms with E-state index in [2.05, 4.69) is 34.1 Å². The van der Waals surface area contributed by atoms with E-state index in [-0.39, 0.29) is 6.10 Å². The van der Waals surface area contributed by atoms with Crippen molar-refractivity contribution in [2.45, 2.75) is 6.10 Å². The summed E-state index contributed by atoms with van der Waals surface area (Å²) in [4.78, 5) is 0. The highest BCUT2D eigenvalue weighted by Crippen LogP contribution is 2.35. The van der Waals surface area contributed by atoms with Crippen molar-refractivity contribution in [2.24, 2.45) is 5.73 Å². The number of ether oxygens (including phenoxy) is 1. The lowest BCUT2D eigenvalue weighted by atomic mass is 10.1. The van der Waals surface area contributed by atoms with Gasteiger partial charge in [0.05, 0.1) is 4.47 Å². The van der Waals surface area contributed by atoms with E-state index in [9.17, 15) is 0 Å². The Balaban J connectivity index is 1.95. The van der Waals surface area contributed by atoms with Gasteiger partial charge in [-0.2, -0.15) is 0 Å². The van der Waals surface area contributed by atoms with Gasteiger partial charge >= 0.3 is 0 Å². The van der Waals surface area contributed by atoms with Crippen LogP contribution in [0.2, 0.25) is 0 Å². The first-order valence-electron chi connectivity index (χ1n) is 6.88. The van der Waals surface area contributed by atoms with Gasteiger partial charge in [-0.05, 0) is 38.3 Å². The van der Waals surface area contributed by atoms with Gasteiger partial charge in [0.15, 0.2) is 0 Å². The van der Waals surface area contributed by atoms with Crippen LogP contribution in [-0.4, -0.2) is 6.54 Å². The molecule has 0 aliphatic rings. The lowest BCUT2D eigenvalue weighted by Crippen LogP contribution is -2.18. The lowest BCUT2D eigenvalue weighted by Gasteiger charge is -2.19. The maximum atomic E-state index is 6.12. The average molecular weight is 342 g/mol. The fraction of sp³-hybridized carbons (Fsp3) is 0.111. The molecule has 0 amide bonds. The summed E-state index contributed by atoms with van der Waals surface area (Å²) in [7, 11) is 0. The predicted octanol–water partition coefficient (Wildman–Crippen LogP) is 4.68. The van der Waals surface area contributed by atoms with E-state index < -0.39 is 0 Å². The molecule has 106 valence electrons. The van der Waals surface area contributed by atoms with Crippen LogP contribution in [0.25, 0.3) is 10.8 Å². The second-order valence-electron chi connectivity index (χ2n) is 4.85. The van der Waals surface area contributed by atoms with Gasteiger partial charge in [0.1, 0.15) is 11.9 Å². The Morgan fingerprint density at radius 1 is 0.905 bits per heavy atom. The quantitative estimate of drug-likeness (QED) is 0.747. The number of rotatable bonds is 4. The summed E-state index contributed by atoms with van der Waals surface area (Å²) in [5.41, 5.74) is 6.96. The fourth-order valence-electron chi connectivity index (χ4n) is 2.38. The summed E-state index contributed by atoms with van der Waals surface area (Å²) in [5, 5.41) is 2.32. The van der Waals surface area contributed by atoms with Gasteiger partial charge in [0, 0.05) is 6.54 Å².